The van der Waals surface area contributed by atoms with Crippen molar-refractivity contribution in [3.05, 3.63) is 89.6 Å². The minimum Gasteiger partial charge on any atom is -0.460 e. The molecule has 1 amide bonds. The fourth-order valence-corrected chi connectivity index (χ4v) is 17.3. The summed E-state index contributed by atoms with van der Waals surface area (Å²) in [7, 11) is 4.52. The Morgan fingerprint density at radius 1 is 0.717 bits per heavy atom. The number of piperidine rings is 1. The lowest BCUT2D eigenvalue weighted by molar-refractivity contribution is -0.265. The average Bonchev–Trinajstić information content (AvgIpc) is 1.56. The number of aromatic amines is 1. The number of anilines is 1. The van der Waals surface area contributed by atoms with E-state index in [4.69, 9.17) is 72.3 Å². The van der Waals surface area contributed by atoms with Gasteiger partial charge in [-0.15, -0.1) is 0 Å². The predicted octanol–water partition coefficient (Wildman–Crippen LogP) is 11.4. The summed E-state index contributed by atoms with van der Waals surface area (Å²) >= 11 is 0. The zero-order valence-electron chi connectivity index (χ0n) is 72.7. The van der Waals surface area contributed by atoms with E-state index in [0.29, 0.717) is 186 Å². The maximum absolute atomic E-state index is 14.8. The van der Waals surface area contributed by atoms with E-state index in [1.54, 1.807) is 48.0 Å². The number of methoxy groups -OCH3 is 3. The van der Waals surface area contributed by atoms with Crippen LogP contribution in [0.1, 0.15) is 194 Å². The van der Waals surface area contributed by atoms with Gasteiger partial charge in [-0.1, -0.05) is 89.3 Å². The number of hydrogen-bond acceptors (Lipinski definition) is 26. The number of aryl methyl sites for hydroxylation is 1. The number of imidazole rings is 1. The van der Waals surface area contributed by atoms with E-state index in [-0.39, 0.29) is 79.2 Å². The van der Waals surface area contributed by atoms with E-state index in [2.05, 4.69) is 40.2 Å². The number of nitrogens with two attached hydrogens (primary N) is 1. The molecule has 666 valence electrons. The number of H-pyrrole nitrogens is 1. The first-order chi connectivity index (χ1) is 57.8. The van der Waals surface area contributed by atoms with Gasteiger partial charge in [0.15, 0.2) is 11.6 Å². The maximum Gasteiger partial charge on any atom is 0.329 e. The number of carbonyl (C=O) groups excluding carboxylic acids is 7. The number of allylic oxidation sites excluding steroid dienone is 6. The Labute approximate surface area is 707 Å². The van der Waals surface area contributed by atoms with Gasteiger partial charge in [0.2, 0.25) is 5.79 Å². The van der Waals surface area contributed by atoms with E-state index >= 15 is 0 Å². The van der Waals surface area contributed by atoms with Gasteiger partial charge in [-0.25, -0.2) is 19.3 Å². The molecule has 0 spiro atoms. The predicted molar refractivity (Wildman–Crippen MR) is 450 cm³/mol. The van der Waals surface area contributed by atoms with Crippen LogP contribution in [0.15, 0.2) is 78.2 Å². The zero-order valence-corrected chi connectivity index (χ0v) is 72.7. The van der Waals surface area contributed by atoms with Crippen LogP contribution in [0.3, 0.4) is 0 Å². The van der Waals surface area contributed by atoms with Crippen molar-refractivity contribution in [1.29, 1.82) is 0 Å². The lowest BCUT2D eigenvalue weighted by Gasteiger charge is -2.42. The number of rotatable bonds is 36. The molecule has 5 aliphatic rings. The Morgan fingerprint density at radius 3 is 2.00 bits per heavy atom. The van der Waals surface area contributed by atoms with Gasteiger partial charge in [0.25, 0.3) is 11.7 Å². The molecule has 120 heavy (non-hydrogen) atoms. The van der Waals surface area contributed by atoms with E-state index in [1.807, 2.05) is 61.7 Å². The molecular weight excluding hydrogens is 1540 g/mol. The van der Waals surface area contributed by atoms with Crippen molar-refractivity contribution in [2.75, 3.05) is 126 Å². The second kappa shape index (κ2) is 49.2. The van der Waals surface area contributed by atoms with Gasteiger partial charge in [0, 0.05) is 107 Å². The van der Waals surface area contributed by atoms with Crippen LogP contribution in [-0.2, 0) is 95.1 Å². The molecule has 3 aromatic heterocycles. The number of nitrogens with one attached hydrogen (secondary N) is 1. The minimum absolute atomic E-state index is 0.000693. The molecule has 29 heteroatoms. The normalized spacial score (nSPS) is 29.4. The second-order valence-electron chi connectivity index (χ2n) is 33.5. The van der Waals surface area contributed by atoms with E-state index in [1.165, 1.54) is 18.3 Å². The molecule has 29 nitrogen and oxygen atoms in total. The van der Waals surface area contributed by atoms with Crippen molar-refractivity contribution < 1.29 is 105 Å². The number of nitrogen functional groups attached to an aromatic ring is 1. The summed E-state index contributed by atoms with van der Waals surface area (Å²) in [5.74, 6) is -7.25. The molecule has 6 heterocycles. The maximum atomic E-state index is 14.8. The number of fused-ring (bicyclic) bond motifs is 5. The molecule has 5 N–H and O–H groups in total. The minimum atomic E-state index is -2.48. The Hall–Kier alpha value is -7.36. The molecule has 0 unspecified atom stereocenters. The number of ether oxygens (including phenoxy) is 13. The number of amides is 1. The Balaban J connectivity index is 0.617. The Kier molecular flexibility index (Phi) is 39.6. The fraction of sp³-hybridized carbons (Fsp3) is 0.692. The van der Waals surface area contributed by atoms with Gasteiger partial charge < -0.3 is 87.4 Å². The number of aliphatic hydroxyl groups excluding tert-OH is 1. The fourth-order valence-electron chi connectivity index (χ4n) is 17.3. The van der Waals surface area contributed by atoms with Crippen molar-refractivity contribution in [1.82, 2.24) is 29.5 Å². The van der Waals surface area contributed by atoms with Crippen molar-refractivity contribution >= 4 is 63.2 Å². The Bertz CT molecular complexity index is 4050. The molecular formula is C91H135N7O22. The Morgan fingerprint density at radius 2 is 1.37 bits per heavy atom. The summed E-state index contributed by atoms with van der Waals surface area (Å²) in [6.07, 6.45) is 16.8. The van der Waals surface area contributed by atoms with Gasteiger partial charge in [-0.05, 0) is 164 Å². The molecule has 0 radical (unpaired) electrons. The van der Waals surface area contributed by atoms with Gasteiger partial charge >= 0.3 is 11.9 Å². The smallest absolute Gasteiger partial charge is 0.329 e. The van der Waals surface area contributed by atoms with Crippen molar-refractivity contribution in [3.63, 3.8) is 0 Å². The first-order valence-corrected chi connectivity index (χ1v) is 43.7. The van der Waals surface area contributed by atoms with E-state index in [0.717, 1.165) is 64.9 Å². The van der Waals surface area contributed by atoms with Crippen LogP contribution in [0.5, 0.6) is 0 Å². The van der Waals surface area contributed by atoms with Crippen LogP contribution in [-0.4, -0.2) is 256 Å². The SMILES string of the molecule is CO[C@H]1C[C@@H]2CC[C@@H](C)[C@@](O)(O2)C(=O)C(=O)N2CCCC[C@H]2C(=O)O[C@H]([C@H](C)C[C@@H]2CC[C@@H](OC(=O)CCCOCCOCCOCCOCCOCCOCCOCCCC(=O)C3CCC(c4nc(-c5cc6cccc(C)c6[nH]5)c5c(N)ncnn45)CC3)[C@H](OC)C2)CC(=O)[C@H](C)/C=C(\C)[C@@H](O)[C@@H](OC)C(=O)[C@H](C)C[C@H](C)/C=C/C=C/C=C/1C. The molecule has 4 aromatic rings. The number of aromatic nitrogens is 5. The van der Waals surface area contributed by atoms with Crippen molar-refractivity contribution in [2.45, 2.75) is 244 Å². The monoisotopic (exact) mass is 1680 g/mol. The van der Waals surface area contributed by atoms with Crippen LogP contribution in [0.25, 0.3) is 27.8 Å². The topological polar surface area (TPSA) is 368 Å². The lowest BCUT2D eigenvalue weighted by atomic mass is 9.78. The zero-order chi connectivity index (χ0) is 86.3. The van der Waals surface area contributed by atoms with Crippen LogP contribution >= 0.6 is 0 Å². The van der Waals surface area contributed by atoms with Gasteiger partial charge in [0.1, 0.15) is 65.4 Å². The highest BCUT2D eigenvalue weighted by molar-refractivity contribution is 6.39. The molecule has 2 saturated heterocycles. The summed E-state index contributed by atoms with van der Waals surface area (Å²) in [6, 6.07) is 7.08. The highest BCUT2D eigenvalue weighted by atomic mass is 16.6. The number of esters is 2. The van der Waals surface area contributed by atoms with Crippen LogP contribution in [0.4, 0.5) is 5.82 Å². The standard InChI is InChI=1S/C91H135N7O22/c1-58-20-13-12-14-21-59(2)76(108-9)55-70-33-27-65(8)91(107,120-70)86(104)89(105)97-35-16-15-24-72(97)90(106)119-77(56-74(100)61(4)51-64(7)84(103)85(110-11)83(102)63(6)50-58)62(5)52-66-28-34-75(78(53-66)109-10)118-79(101)26-19-37-112-39-41-114-43-45-116-47-49-117-48-46-115-44-42-113-40-38-111-36-18-25-73(99)67-29-31-68(32-30-67)88-96-81(82-87(92)93-57-94-98(82)88)71-54-69-23-17-22-60(3)80(69)95-71/h12-14,17,20-23,51,54,57-58,61-63,65-68,70,72,75-78,84-85,95,103,107H,15-16,18-19,24-50,52-53,55-56H2,1-11H3,(H2,92,93,94)/b14-12+,20-13+,59-21+,64-51+/t58-,61-,62-,63-,65-,66+,67?,68?,70+,72+,75-,76+,77+,78-,84-,85+,91-/m1/s1. The lowest BCUT2D eigenvalue weighted by Crippen LogP contribution is -2.61. The summed E-state index contributed by atoms with van der Waals surface area (Å²) in [6.45, 7) is 20.4. The number of hydrogen-bond donors (Lipinski definition) is 4. The number of carbonyl (C=O) groups is 7. The number of nitrogens with zero attached hydrogens (tertiary/aromatic N) is 5. The molecule has 3 aliphatic heterocycles. The summed E-state index contributed by atoms with van der Waals surface area (Å²) in [5.41, 5.74) is 12.1. The number of cyclic esters (lactones) is 1. The quantitative estimate of drug-likeness (QED) is 0.0142. The van der Waals surface area contributed by atoms with Crippen molar-refractivity contribution in [3.8, 4) is 11.4 Å². The second-order valence-corrected chi connectivity index (χ2v) is 33.5. The van der Waals surface area contributed by atoms with Crippen LogP contribution in [0.2, 0.25) is 0 Å². The number of benzene rings is 1. The summed E-state index contributed by atoms with van der Waals surface area (Å²) in [4.78, 5) is 113. The molecule has 4 fully saturated rings. The number of ketones is 4. The molecule has 9 rings (SSSR count). The summed E-state index contributed by atoms with van der Waals surface area (Å²) in [5, 5.41) is 29.4. The van der Waals surface area contributed by atoms with Crippen LogP contribution in [0, 0.1) is 48.3 Å². The molecule has 2 aliphatic carbocycles. The third-order valence-corrected chi connectivity index (χ3v) is 24.5. The first kappa shape index (κ1) is 96.5. The van der Waals surface area contributed by atoms with Gasteiger partial charge in [0.05, 0.1) is 103 Å². The third kappa shape index (κ3) is 27.8. The number of para-hydroxylation sites is 1. The molecule has 1 aromatic carbocycles. The first-order valence-electron chi connectivity index (χ1n) is 43.7. The highest BCUT2D eigenvalue weighted by Crippen LogP contribution is 2.42. The van der Waals surface area contributed by atoms with Crippen LogP contribution < -0.4 is 5.73 Å². The molecule has 2 saturated carbocycles. The molecule has 15 atom stereocenters. The molecule has 2 bridgehead atoms. The highest BCUT2D eigenvalue weighted by Gasteiger charge is 2.53. The number of aliphatic hydroxyl groups is 2. The van der Waals surface area contributed by atoms with Gasteiger partial charge in [-0.2, -0.15) is 5.10 Å². The number of Topliss-reactive ketones (excluding diaryl/α,β-unsaturated/α-hetero) is 4. The van der Waals surface area contributed by atoms with Crippen molar-refractivity contribution in [2.24, 2.45) is 41.4 Å². The van der Waals surface area contributed by atoms with E-state index < -0.39 is 95.9 Å². The average molecular weight is 1680 g/mol. The largest absolute Gasteiger partial charge is 0.460 e. The summed E-state index contributed by atoms with van der Waals surface area (Å²) < 4.78 is 77.6. The van der Waals surface area contributed by atoms with E-state index in [9.17, 15) is 43.8 Å². The van der Waals surface area contributed by atoms with Gasteiger partial charge in [-0.3, -0.25) is 28.8 Å². The third-order valence-electron chi connectivity index (χ3n) is 24.5.